The van der Waals surface area contributed by atoms with Crippen molar-refractivity contribution in [2.75, 3.05) is 10.2 Å². The van der Waals surface area contributed by atoms with Gasteiger partial charge in [0.2, 0.25) is 5.91 Å². The SMILES string of the molecule is Cc1cc(N2C(=S)N[C@@H](c3ccccn3)[C@@H]2c2cc(C)n(-c3cccc(Cl)c3C)c2C)ccc1NC(=O)C(C)C. The van der Waals surface area contributed by atoms with Crippen LogP contribution in [0.25, 0.3) is 5.69 Å². The largest absolute Gasteiger partial charge is 0.351 e. The summed E-state index contributed by atoms with van der Waals surface area (Å²) in [5.41, 5.74) is 9.09. The zero-order valence-electron chi connectivity index (χ0n) is 23.6. The highest BCUT2D eigenvalue weighted by Gasteiger charge is 2.42. The van der Waals surface area contributed by atoms with Crippen LogP contribution >= 0.6 is 23.8 Å². The topological polar surface area (TPSA) is 62.2 Å². The minimum absolute atomic E-state index is 0.00829. The number of carbonyl (C=O) groups excluding carboxylic acids is 1. The van der Waals surface area contributed by atoms with Crippen LogP contribution in [-0.4, -0.2) is 20.6 Å². The molecular weight excluding hydrogens is 538 g/mol. The average Bonchev–Trinajstić information content (AvgIpc) is 3.42. The molecule has 40 heavy (non-hydrogen) atoms. The molecule has 0 saturated carbocycles. The van der Waals surface area contributed by atoms with Crippen LogP contribution in [0.4, 0.5) is 11.4 Å². The van der Waals surface area contributed by atoms with E-state index >= 15 is 0 Å². The summed E-state index contributed by atoms with van der Waals surface area (Å²) in [6.07, 6.45) is 1.81. The number of carbonyl (C=O) groups is 1. The molecule has 8 heteroatoms. The molecule has 0 aliphatic carbocycles. The van der Waals surface area contributed by atoms with Gasteiger partial charge >= 0.3 is 0 Å². The summed E-state index contributed by atoms with van der Waals surface area (Å²) in [5.74, 6) is -0.109. The fourth-order valence-corrected chi connectivity index (χ4v) is 5.98. The molecular formula is C32H34ClN5OS. The van der Waals surface area contributed by atoms with E-state index in [4.69, 9.17) is 28.8 Å². The minimum Gasteiger partial charge on any atom is -0.351 e. The van der Waals surface area contributed by atoms with Crippen molar-refractivity contribution in [3.8, 4) is 5.69 Å². The summed E-state index contributed by atoms with van der Waals surface area (Å²) in [6.45, 7) is 12.1. The van der Waals surface area contributed by atoms with Gasteiger partial charge in [-0.25, -0.2) is 0 Å². The Morgan fingerprint density at radius 1 is 1.05 bits per heavy atom. The normalized spacial score (nSPS) is 16.9. The van der Waals surface area contributed by atoms with Gasteiger partial charge in [0.05, 0.1) is 17.8 Å². The molecule has 5 rings (SSSR count). The zero-order chi connectivity index (χ0) is 28.7. The number of benzene rings is 2. The maximum atomic E-state index is 12.4. The van der Waals surface area contributed by atoms with Crippen LogP contribution in [0.1, 0.15) is 59.7 Å². The second-order valence-corrected chi connectivity index (χ2v) is 11.5. The highest BCUT2D eigenvalue weighted by Crippen LogP contribution is 2.44. The zero-order valence-corrected chi connectivity index (χ0v) is 25.2. The summed E-state index contributed by atoms with van der Waals surface area (Å²) in [4.78, 5) is 19.2. The van der Waals surface area contributed by atoms with E-state index < -0.39 is 0 Å². The van der Waals surface area contributed by atoms with Crippen molar-refractivity contribution in [2.45, 2.75) is 53.6 Å². The fourth-order valence-electron chi connectivity index (χ4n) is 5.46. The Morgan fingerprint density at radius 2 is 1.82 bits per heavy atom. The average molecular weight is 572 g/mol. The molecule has 206 valence electrons. The number of rotatable bonds is 6. The monoisotopic (exact) mass is 571 g/mol. The predicted molar refractivity (Wildman–Crippen MR) is 168 cm³/mol. The Bertz CT molecular complexity index is 1600. The van der Waals surface area contributed by atoms with Gasteiger partial charge in [0.15, 0.2) is 5.11 Å². The van der Waals surface area contributed by atoms with Crippen molar-refractivity contribution in [1.29, 1.82) is 0 Å². The fraction of sp³-hybridized carbons (Fsp3) is 0.281. The molecule has 1 fully saturated rings. The van der Waals surface area contributed by atoms with Gasteiger partial charge in [-0.2, -0.15) is 0 Å². The van der Waals surface area contributed by atoms with Crippen LogP contribution in [0, 0.1) is 33.6 Å². The van der Waals surface area contributed by atoms with E-state index in [0.717, 1.165) is 55.9 Å². The third-order valence-electron chi connectivity index (χ3n) is 7.64. The Morgan fingerprint density at radius 3 is 2.50 bits per heavy atom. The molecule has 0 radical (unpaired) electrons. The number of nitrogens with zero attached hydrogens (tertiary/aromatic N) is 3. The van der Waals surface area contributed by atoms with Crippen molar-refractivity contribution in [1.82, 2.24) is 14.9 Å². The highest BCUT2D eigenvalue weighted by atomic mass is 35.5. The number of thiocarbonyl (C=S) groups is 1. The molecule has 0 unspecified atom stereocenters. The van der Waals surface area contributed by atoms with Crippen LogP contribution in [0.5, 0.6) is 0 Å². The number of amides is 1. The Kier molecular flexibility index (Phi) is 7.71. The predicted octanol–water partition coefficient (Wildman–Crippen LogP) is 7.53. The summed E-state index contributed by atoms with van der Waals surface area (Å²) in [6, 6.07) is 19.9. The van der Waals surface area contributed by atoms with E-state index in [1.807, 2.05) is 76.4 Å². The van der Waals surface area contributed by atoms with Crippen molar-refractivity contribution in [3.05, 3.63) is 106 Å². The lowest BCUT2D eigenvalue weighted by molar-refractivity contribution is -0.118. The number of anilines is 2. The summed E-state index contributed by atoms with van der Waals surface area (Å²) >= 11 is 12.5. The lowest BCUT2D eigenvalue weighted by Gasteiger charge is -2.29. The van der Waals surface area contributed by atoms with Gasteiger partial charge < -0.3 is 20.1 Å². The number of aryl methyl sites for hydroxylation is 2. The van der Waals surface area contributed by atoms with E-state index in [1.165, 1.54) is 0 Å². The summed E-state index contributed by atoms with van der Waals surface area (Å²) in [7, 11) is 0. The molecule has 2 atom stereocenters. The number of aromatic nitrogens is 2. The maximum Gasteiger partial charge on any atom is 0.226 e. The first kappa shape index (κ1) is 27.9. The number of pyridine rings is 1. The molecule has 1 saturated heterocycles. The number of halogens is 1. The first-order valence-electron chi connectivity index (χ1n) is 13.4. The van der Waals surface area contributed by atoms with Crippen molar-refractivity contribution in [2.24, 2.45) is 5.92 Å². The summed E-state index contributed by atoms with van der Waals surface area (Å²) in [5, 5.41) is 7.96. The molecule has 3 heterocycles. The van der Waals surface area contributed by atoms with Gasteiger partial charge in [0.1, 0.15) is 0 Å². The van der Waals surface area contributed by atoms with Crippen molar-refractivity contribution >= 4 is 46.2 Å². The third kappa shape index (κ3) is 5.00. The van der Waals surface area contributed by atoms with Crippen LogP contribution in [-0.2, 0) is 4.79 Å². The number of hydrogen-bond acceptors (Lipinski definition) is 3. The number of hydrogen-bond donors (Lipinski definition) is 2. The Balaban J connectivity index is 1.64. The van der Waals surface area contributed by atoms with Crippen LogP contribution in [0.3, 0.4) is 0 Å². The lowest BCUT2D eigenvalue weighted by atomic mass is 9.96. The van der Waals surface area contributed by atoms with Gasteiger partial charge in [0, 0.05) is 45.6 Å². The molecule has 1 aliphatic rings. The van der Waals surface area contributed by atoms with E-state index in [9.17, 15) is 4.79 Å². The van der Waals surface area contributed by atoms with Crippen molar-refractivity contribution < 1.29 is 4.79 Å². The molecule has 2 N–H and O–H groups in total. The first-order valence-corrected chi connectivity index (χ1v) is 14.2. The van der Waals surface area contributed by atoms with Gasteiger partial charge in [-0.05, 0) is 105 Å². The highest BCUT2D eigenvalue weighted by molar-refractivity contribution is 7.80. The van der Waals surface area contributed by atoms with E-state index in [1.54, 1.807) is 0 Å². The van der Waals surface area contributed by atoms with E-state index in [0.29, 0.717) is 5.11 Å². The Labute approximate surface area is 246 Å². The molecule has 2 aromatic carbocycles. The van der Waals surface area contributed by atoms with Gasteiger partial charge in [-0.1, -0.05) is 37.6 Å². The van der Waals surface area contributed by atoms with Gasteiger partial charge in [0.25, 0.3) is 0 Å². The quantitative estimate of drug-likeness (QED) is 0.234. The molecule has 0 spiro atoms. The lowest BCUT2D eigenvalue weighted by Crippen LogP contribution is -2.29. The second-order valence-electron chi connectivity index (χ2n) is 10.7. The molecule has 1 aliphatic heterocycles. The number of nitrogens with one attached hydrogen (secondary N) is 2. The maximum absolute atomic E-state index is 12.4. The first-order chi connectivity index (χ1) is 19.1. The van der Waals surface area contributed by atoms with Gasteiger partial charge in [-0.15, -0.1) is 0 Å². The molecule has 6 nitrogen and oxygen atoms in total. The molecule has 4 aromatic rings. The van der Waals surface area contributed by atoms with Gasteiger partial charge in [-0.3, -0.25) is 9.78 Å². The van der Waals surface area contributed by atoms with E-state index in [-0.39, 0.29) is 23.9 Å². The van der Waals surface area contributed by atoms with Crippen LogP contribution in [0.2, 0.25) is 5.02 Å². The van der Waals surface area contributed by atoms with E-state index in [2.05, 4.69) is 52.1 Å². The van der Waals surface area contributed by atoms with Crippen LogP contribution in [0.15, 0.2) is 66.9 Å². The standard InChI is InChI=1S/C32H34ClN5OS/c1-18(2)31(39)35-26-14-13-23(16-19(26)3)38-30(29(36-32(38)40)27-11-7-8-15-34-27)24-17-20(4)37(22(24)6)28-12-9-10-25(33)21(28)5/h7-18,29-30H,1-6H3,(H,35,39)(H,36,40)/t29-,30-/m0/s1. The second kappa shape index (κ2) is 11.1. The molecule has 2 aromatic heterocycles. The smallest absolute Gasteiger partial charge is 0.226 e. The summed E-state index contributed by atoms with van der Waals surface area (Å²) < 4.78 is 2.27. The molecule has 1 amide bonds. The third-order valence-corrected chi connectivity index (χ3v) is 8.36. The minimum atomic E-state index is -0.163. The Hall–Kier alpha value is -3.68. The van der Waals surface area contributed by atoms with Crippen molar-refractivity contribution in [3.63, 3.8) is 0 Å². The van der Waals surface area contributed by atoms with Crippen LogP contribution < -0.4 is 15.5 Å². The molecule has 0 bridgehead atoms.